The maximum atomic E-state index is 14.9. The third-order valence-electron chi connectivity index (χ3n) is 10.2. The van der Waals surface area contributed by atoms with Crippen LogP contribution >= 0.6 is 7.75 Å². The van der Waals surface area contributed by atoms with Crippen molar-refractivity contribution in [2.45, 2.75) is 141 Å². The van der Waals surface area contributed by atoms with Gasteiger partial charge in [0.1, 0.15) is 30.7 Å². The second-order valence-electron chi connectivity index (χ2n) is 15.3. The molecule has 60 heavy (non-hydrogen) atoms. The lowest BCUT2D eigenvalue weighted by Crippen LogP contribution is -2.46. The highest BCUT2D eigenvalue weighted by Crippen LogP contribution is 2.49. The van der Waals surface area contributed by atoms with Crippen LogP contribution in [-0.2, 0) is 39.3 Å². The minimum Gasteiger partial charge on any atom is -0.462 e. The van der Waals surface area contributed by atoms with Crippen LogP contribution in [0.2, 0.25) is 0 Å². The number of fused-ring (bicyclic) bond motifs is 1. The zero-order valence-electron chi connectivity index (χ0n) is 34.8. The van der Waals surface area contributed by atoms with Gasteiger partial charge in [-0.3, -0.25) is 18.7 Å². The Bertz CT molecular complexity index is 2070. The summed E-state index contributed by atoms with van der Waals surface area (Å²) in [7, 11) is -4.55. The molecule has 2 aromatic carbocycles. The molecule has 0 saturated carbocycles. The van der Waals surface area contributed by atoms with E-state index >= 15 is 0 Å². The predicted molar refractivity (Wildman–Crippen MR) is 226 cm³/mol. The number of imidazole rings is 1. The molecular formula is C44H58FN6O8P. The fourth-order valence-corrected chi connectivity index (χ4v) is 8.57. The first-order chi connectivity index (χ1) is 28.9. The van der Waals surface area contributed by atoms with Crippen LogP contribution in [0.3, 0.4) is 0 Å². The van der Waals surface area contributed by atoms with E-state index in [1.807, 2.05) is 30.3 Å². The number of hydrogen-bond acceptors (Lipinski definition) is 12. The number of benzene rings is 2. The number of terminal acetylenes is 1. The van der Waals surface area contributed by atoms with Crippen LogP contribution in [0.4, 0.5) is 10.2 Å². The average Bonchev–Trinajstić information content (AvgIpc) is 3.81. The second kappa shape index (κ2) is 22.7. The molecule has 2 aromatic heterocycles. The highest BCUT2D eigenvalue weighted by Gasteiger charge is 2.53. The first kappa shape index (κ1) is 46.2. The Balaban J connectivity index is 1.36. The average molecular weight is 849 g/mol. The largest absolute Gasteiger partial charge is 0.462 e. The van der Waals surface area contributed by atoms with Gasteiger partial charge in [0.25, 0.3) is 0 Å². The van der Waals surface area contributed by atoms with Crippen molar-refractivity contribution in [3.05, 3.63) is 78.6 Å². The topological polar surface area (TPSA) is 179 Å². The summed E-state index contributed by atoms with van der Waals surface area (Å²) >= 11 is 0. The maximum absolute atomic E-state index is 14.9. The summed E-state index contributed by atoms with van der Waals surface area (Å²) < 4.78 is 60.9. The molecule has 5 rings (SSSR count). The van der Waals surface area contributed by atoms with E-state index in [4.69, 9.17) is 35.4 Å². The van der Waals surface area contributed by atoms with Gasteiger partial charge in [0, 0.05) is 12.8 Å². The van der Waals surface area contributed by atoms with Gasteiger partial charge in [-0.2, -0.15) is 19.4 Å². The van der Waals surface area contributed by atoms with Crippen molar-refractivity contribution in [1.29, 1.82) is 0 Å². The van der Waals surface area contributed by atoms with E-state index in [1.54, 1.807) is 44.2 Å². The van der Waals surface area contributed by atoms with E-state index in [1.165, 1.54) is 55.8 Å². The number of rotatable bonds is 25. The molecule has 4 unspecified atom stereocenters. The van der Waals surface area contributed by atoms with E-state index in [2.05, 4.69) is 32.9 Å². The summed E-state index contributed by atoms with van der Waals surface area (Å²) in [5.74, 6) is 1.40. The van der Waals surface area contributed by atoms with Gasteiger partial charge in [-0.15, -0.1) is 6.42 Å². The van der Waals surface area contributed by atoms with E-state index in [0.717, 1.165) is 24.8 Å². The third-order valence-corrected chi connectivity index (χ3v) is 11.7. The number of carbonyl (C=O) groups excluding carboxylic acids is 2. The highest BCUT2D eigenvalue weighted by atomic mass is 31.2. The predicted octanol–water partition coefficient (Wildman–Crippen LogP) is 8.81. The molecule has 1 saturated heterocycles. The van der Waals surface area contributed by atoms with E-state index in [-0.39, 0.29) is 42.0 Å². The Hall–Kier alpha value is -4.87. The molecule has 5 atom stereocenters. The molecule has 4 aromatic rings. The Labute approximate surface area is 352 Å². The number of esters is 2. The van der Waals surface area contributed by atoms with Gasteiger partial charge in [0.05, 0.1) is 12.4 Å². The van der Waals surface area contributed by atoms with Crippen molar-refractivity contribution < 1.29 is 41.8 Å². The number of nitrogens with one attached hydrogen (secondary N) is 1. The molecule has 14 nitrogen and oxygen atoms in total. The molecule has 16 heteroatoms. The molecule has 324 valence electrons. The van der Waals surface area contributed by atoms with E-state index in [9.17, 15) is 18.5 Å². The van der Waals surface area contributed by atoms with Crippen molar-refractivity contribution in [2.75, 3.05) is 12.3 Å². The molecule has 1 aliphatic heterocycles. The molecule has 1 fully saturated rings. The van der Waals surface area contributed by atoms with Crippen LogP contribution in [0.5, 0.6) is 5.75 Å². The molecular weight excluding hydrogens is 790 g/mol. The molecule has 0 aliphatic carbocycles. The molecule has 0 bridgehead atoms. The zero-order valence-corrected chi connectivity index (χ0v) is 35.7. The standard InChI is InChI=1S/C44H58FN6O8P/c1-5-7-8-9-10-11-12-13-14-15-22-27-38(52)57-36-29-37(51-31-47-39-40(46)48-43(45)49-41(39)51)58-44(36,6-2)30-55-60(54,59-34-25-20-17-21-26-34)50-35(42(53)56-32(3)4)28-33-23-18-16-19-24-33/h2,16-21,23-26,31-32,35-37H,5,7-15,22,27-30H2,1,3-4H3,(H,50,54)(H2,46,48,49)/t35?,36?,37?,44?,60-/m0/s1. The number of hydrogen-bond donors (Lipinski definition) is 2. The van der Waals surface area contributed by atoms with Crippen molar-refractivity contribution >= 4 is 36.7 Å². The number of nitrogens with two attached hydrogens (primary N) is 1. The quantitative estimate of drug-likeness (QED) is 0.0213. The maximum Gasteiger partial charge on any atom is 0.459 e. The van der Waals surface area contributed by atoms with Crippen molar-refractivity contribution in [3.8, 4) is 18.1 Å². The summed E-state index contributed by atoms with van der Waals surface area (Å²) in [6.45, 7) is 4.99. The molecule has 0 radical (unpaired) electrons. The number of para-hydroxylation sites is 1. The Kier molecular flexibility index (Phi) is 17.4. The molecule has 3 heterocycles. The summed E-state index contributed by atoms with van der Waals surface area (Å²) in [6.07, 6.45) is 16.3. The van der Waals surface area contributed by atoms with Crippen molar-refractivity contribution in [1.82, 2.24) is 24.6 Å². The first-order valence-electron chi connectivity index (χ1n) is 21.0. The molecule has 0 amide bonds. The van der Waals surface area contributed by atoms with Gasteiger partial charge in [-0.25, -0.2) is 9.55 Å². The smallest absolute Gasteiger partial charge is 0.459 e. The van der Waals surface area contributed by atoms with Crippen LogP contribution in [0, 0.1) is 18.4 Å². The zero-order chi connectivity index (χ0) is 43.0. The molecule has 0 spiro atoms. The Morgan fingerprint density at radius 3 is 2.27 bits per heavy atom. The number of nitrogen functional groups attached to an aromatic ring is 1. The van der Waals surface area contributed by atoms with Gasteiger partial charge in [0.2, 0.25) is 0 Å². The number of carbonyl (C=O) groups is 2. The van der Waals surface area contributed by atoms with Crippen LogP contribution in [0.1, 0.15) is 116 Å². The first-order valence-corrected chi connectivity index (χ1v) is 22.5. The van der Waals surface area contributed by atoms with Gasteiger partial charge in [-0.05, 0) is 44.4 Å². The fourth-order valence-electron chi connectivity index (χ4n) is 7.05. The van der Waals surface area contributed by atoms with Crippen LogP contribution in [0.15, 0.2) is 67.0 Å². The second-order valence-corrected chi connectivity index (χ2v) is 17.0. The number of nitrogens with zero attached hydrogens (tertiary/aromatic N) is 4. The van der Waals surface area contributed by atoms with Gasteiger partial charge in [-0.1, -0.05) is 126 Å². The number of halogens is 1. The van der Waals surface area contributed by atoms with E-state index < -0.39 is 62.4 Å². The lowest BCUT2D eigenvalue weighted by Gasteiger charge is -2.31. The van der Waals surface area contributed by atoms with Gasteiger partial charge < -0.3 is 24.5 Å². The summed E-state index contributed by atoms with van der Waals surface area (Å²) in [4.78, 5) is 38.6. The van der Waals surface area contributed by atoms with Crippen LogP contribution < -0.4 is 15.3 Å². The Morgan fingerprint density at radius 1 is 1.00 bits per heavy atom. The minimum absolute atomic E-state index is 0.0249. The number of anilines is 1. The SMILES string of the molecule is C#CC1(CO[P@@](=O)(NC(Cc2ccccc2)C(=O)OC(C)C)Oc2ccccc2)OC(n2cnc3c(N)nc(F)nc32)CC1OC(=O)CCCCCCCCCCCCC. The summed E-state index contributed by atoms with van der Waals surface area (Å²) in [6, 6.07) is 16.2. The summed E-state index contributed by atoms with van der Waals surface area (Å²) in [5.41, 5.74) is 4.98. The lowest BCUT2D eigenvalue weighted by atomic mass is 9.98. The fraction of sp³-hybridized carbons (Fsp3) is 0.523. The van der Waals surface area contributed by atoms with Crippen LogP contribution in [0.25, 0.3) is 11.2 Å². The van der Waals surface area contributed by atoms with E-state index in [0.29, 0.717) is 6.42 Å². The van der Waals surface area contributed by atoms with Crippen LogP contribution in [-0.4, -0.2) is 61.9 Å². The third kappa shape index (κ3) is 13.3. The number of unbranched alkanes of at least 4 members (excludes halogenated alkanes) is 10. The normalized spacial score (nSPS) is 19.1. The highest BCUT2D eigenvalue weighted by molar-refractivity contribution is 7.52. The number of aromatic nitrogens is 4. The van der Waals surface area contributed by atoms with Crippen molar-refractivity contribution in [3.63, 3.8) is 0 Å². The lowest BCUT2D eigenvalue weighted by molar-refractivity contribution is -0.158. The van der Waals surface area contributed by atoms with Crippen molar-refractivity contribution in [2.24, 2.45) is 0 Å². The molecule has 1 aliphatic rings. The number of ether oxygens (including phenoxy) is 3. The monoisotopic (exact) mass is 848 g/mol. The van der Waals surface area contributed by atoms with Gasteiger partial charge >= 0.3 is 25.8 Å². The van der Waals surface area contributed by atoms with Gasteiger partial charge in [0.15, 0.2) is 22.6 Å². The molecule has 3 N–H and O–H groups in total. The summed E-state index contributed by atoms with van der Waals surface area (Å²) in [5, 5.41) is 2.81. The Morgan fingerprint density at radius 2 is 1.63 bits per heavy atom. The minimum atomic E-state index is -4.55.